The van der Waals surface area contributed by atoms with E-state index in [1.54, 1.807) is 0 Å². The largest absolute Gasteiger partial charge is 1.00 e. The average molecular weight is 289 g/mol. The van der Waals surface area contributed by atoms with Crippen LogP contribution in [0.4, 0.5) is 0 Å². The van der Waals surface area contributed by atoms with Crippen molar-refractivity contribution in [2.45, 2.75) is 52.6 Å². The van der Waals surface area contributed by atoms with Gasteiger partial charge in [-0.25, -0.2) is 0 Å². The summed E-state index contributed by atoms with van der Waals surface area (Å²) in [5, 5.41) is 7.76. The molecule has 0 spiro atoms. The molecule has 12 heavy (non-hydrogen) atoms. The van der Waals surface area contributed by atoms with E-state index in [0.29, 0.717) is 0 Å². The summed E-state index contributed by atoms with van der Waals surface area (Å²) in [7, 11) is 0. The van der Waals surface area contributed by atoms with Gasteiger partial charge in [-0.15, -0.1) is 0 Å². The van der Waals surface area contributed by atoms with E-state index >= 15 is 0 Å². The van der Waals surface area contributed by atoms with E-state index in [-0.39, 0.29) is 80.0 Å². The summed E-state index contributed by atoms with van der Waals surface area (Å²) in [5.74, 6) is 0. The minimum absolute atomic E-state index is 0. The van der Waals surface area contributed by atoms with Crippen LogP contribution in [0.1, 0.15) is 41.5 Å². The van der Waals surface area contributed by atoms with Gasteiger partial charge in [-0.2, -0.15) is 0 Å². The van der Waals surface area contributed by atoms with Crippen LogP contribution in [0.3, 0.4) is 0 Å². The first-order chi connectivity index (χ1) is 4.71. The maximum Gasteiger partial charge on any atom is 1.00 e. The summed E-state index contributed by atoms with van der Waals surface area (Å²) in [6.07, 6.45) is 0. The molecule has 0 N–H and O–H groups in total. The first-order valence-electron chi connectivity index (χ1n) is 3.85. The Kier molecular flexibility index (Phi) is 8.00. The molecule has 0 aliphatic carbocycles. The quantitative estimate of drug-likeness (QED) is 0.493. The van der Waals surface area contributed by atoms with Crippen molar-refractivity contribution in [2.24, 2.45) is 10.3 Å². The molecule has 0 aromatic heterocycles. The minimum Gasteiger partial charge on any atom is -0.376 e. The van der Waals surface area contributed by atoms with Gasteiger partial charge in [0.1, 0.15) is 0 Å². The third kappa shape index (κ3) is 14.0. The number of hydrogen-bond donors (Lipinski definition) is 0. The maximum absolute atomic E-state index is 4.00. The van der Waals surface area contributed by atoms with Crippen molar-refractivity contribution in [2.75, 3.05) is 0 Å². The fraction of sp³-hybridized carbons (Fsp3) is 1.00. The van der Waals surface area contributed by atoms with Crippen molar-refractivity contribution in [1.29, 1.82) is 0 Å². The summed E-state index contributed by atoms with van der Waals surface area (Å²) in [5.41, 5.74) is 3.77. The average Bonchev–Trinajstić information content (AvgIpc) is 1.55. The molecular weight excluding hydrogens is 271 g/mol. The van der Waals surface area contributed by atoms with Gasteiger partial charge in [-0.05, 0) is 11.1 Å². The molecule has 0 bridgehead atoms. The molecule has 0 aliphatic heterocycles. The number of hydrogen-bond acceptors (Lipinski definition) is 2. The van der Waals surface area contributed by atoms with Crippen LogP contribution in [-0.2, 0) is 0 Å². The van der Waals surface area contributed by atoms with E-state index < -0.39 is 0 Å². The second-order valence-electron chi connectivity index (χ2n) is 4.63. The Morgan fingerprint density at radius 1 is 0.917 bits per heavy atom. The summed E-state index contributed by atoms with van der Waals surface area (Å²) in [4.78, 5) is 0. The minimum atomic E-state index is -0.116. The normalized spacial score (nSPS) is 12.8. The third-order valence-corrected chi connectivity index (χ3v) is 0.689. The fourth-order valence-corrected chi connectivity index (χ4v) is 0.291. The Bertz CT molecular complexity index is 141. The van der Waals surface area contributed by atoms with Crippen LogP contribution in [0.25, 0.3) is 5.43 Å². The predicted molar refractivity (Wildman–Crippen MR) is 47.7 cm³/mol. The van der Waals surface area contributed by atoms with Crippen LogP contribution in [-0.4, -0.2) is 11.1 Å². The first kappa shape index (κ1) is 15.9. The second kappa shape index (κ2) is 6.03. The third-order valence-electron chi connectivity index (χ3n) is 0.689. The Balaban J connectivity index is 0. The van der Waals surface area contributed by atoms with Gasteiger partial charge >= 0.3 is 68.9 Å². The molecule has 0 fully saturated rings. The molecule has 0 unspecified atom stereocenters. The van der Waals surface area contributed by atoms with Gasteiger partial charge < -0.3 is 10.5 Å². The van der Waals surface area contributed by atoms with Crippen molar-refractivity contribution in [3.05, 3.63) is 5.43 Å². The Labute approximate surface area is 135 Å². The van der Waals surface area contributed by atoms with Gasteiger partial charge in [-0.1, -0.05) is 41.5 Å². The van der Waals surface area contributed by atoms with Crippen LogP contribution >= 0.6 is 0 Å². The molecule has 0 amide bonds. The summed E-state index contributed by atoms with van der Waals surface area (Å²) >= 11 is 0. The summed E-state index contributed by atoms with van der Waals surface area (Å²) in [6, 6.07) is 0. The topological polar surface area (TPSA) is 38.8 Å². The standard InChI is InChI=1S/C8H18N3.Cs/c1-7(2,3)9-11-10-8(4,5)6;/h1-6H3;/q-1;+1. The molecule has 0 aromatic carbocycles. The molecular formula is C8H18CsN3. The molecule has 0 radical (unpaired) electrons. The maximum atomic E-state index is 4.00. The molecule has 0 rings (SSSR count). The van der Waals surface area contributed by atoms with E-state index in [9.17, 15) is 0 Å². The zero-order valence-corrected chi connectivity index (χ0v) is 15.6. The van der Waals surface area contributed by atoms with Gasteiger partial charge in [0.2, 0.25) is 0 Å². The zero-order valence-electron chi connectivity index (χ0n) is 9.34. The first-order valence-corrected chi connectivity index (χ1v) is 3.85. The molecule has 0 saturated heterocycles. The van der Waals surface area contributed by atoms with E-state index in [1.807, 2.05) is 41.5 Å². The molecule has 0 saturated carbocycles. The SMILES string of the molecule is CC(C)(C)N=N[N-]C(C)(C)C.[Cs+]. The van der Waals surface area contributed by atoms with Gasteiger partial charge in [0.15, 0.2) is 0 Å². The van der Waals surface area contributed by atoms with Crippen molar-refractivity contribution in [3.63, 3.8) is 0 Å². The molecule has 0 atom stereocenters. The second-order valence-corrected chi connectivity index (χ2v) is 4.63. The molecule has 0 aromatic rings. The molecule has 0 heterocycles. The zero-order chi connectivity index (χ0) is 9.12. The molecule has 3 nitrogen and oxygen atoms in total. The van der Waals surface area contributed by atoms with Gasteiger partial charge in [-0.3, -0.25) is 5.22 Å². The van der Waals surface area contributed by atoms with Crippen LogP contribution in [0.5, 0.6) is 0 Å². The van der Waals surface area contributed by atoms with Crippen LogP contribution in [0, 0.1) is 0 Å². The van der Waals surface area contributed by atoms with E-state index in [1.165, 1.54) is 0 Å². The van der Waals surface area contributed by atoms with E-state index in [0.717, 1.165) is 0 Å². The van der Waals surface area contributed by atoms with Crippen molar-refractivity contribution in [1.82, 2.24) is 0 Å². The van der Waals surface area contributed by atoms with Crippen molar-refractivity contribution in [3.8, 4) is 0 Å². The van der Waals surface area contributed by atoms with Crippen molar-refractivity contribution >= 4 is 0 Å². The Morgan fingerprint density at radius 3 is 1.58 bits per heavy atom. The molecule has 0 aliphatic rings. The molecule has 66 valence electrons. The Hall–Kier alpha value is 1.45. The van der Waals surface area contributed by atoms with E-state index in [4.69, 9.17) is 0 Å². The van der Waals surface area contributed by atoms with Gasteiger partial charge in [0.05, 0.1) is 0 Å². The fourth-order valence-electron chi connectivity index (χ4n) is 0.291. The Morgan fingerprint density at radius 2 is 1.33 bits per heavy atom. The summed E-state index contributed by atoms with van der Waals surface area (Å²) < 4.78 is 0. The predicted octanol–water partition coefficient (Wildman–Crippen LogP) is 0.328. The van der Waals surface area contributed by atoms with E-state index in [2.05, 4.69) is 15.8 Å². The number of rotatable bonds is 1. The monoisotopic (exact) mass is 289 g/mol. The van der Waals surface area contributed by atoms with Gasteiger partial charge in [0, 0.05) is 0 Å². The smallest absolute Gasteiger partial charge is 0.376 e. The summed E-state index contributed by atoms with van der Waals surface area (Å²) in [6.45, 7) is 12.0. The molecule has 4 heteroatoms. The van der Waals surface area contributed by atoms with Crippen LogP contribution in [0.15, 0.2) is 10.3 Å². The number of nitrogens with zero attached hydrogens (tertiary/aromatic N) is 3. The van der Waals surface area contributed by atoms with Crippen LogP contribution in [0.2, 0.25) is 0 Å². The van der Waals surface area contributed by atoms with Crippen molar-refractivity contribution < 1.29 is 68.9 Å². The van der Waals surface area contributed by atoms with Gasteiger partial charge in [0.25, 0.3) is 0 Å². The van der Waals surface area contributed by atoms with Crippen LogP contribution < -0.4 is 68.9 Å².